The minimum absolute atomic E-state index is 0.116. The number of alkyl halides is 9. The molecule has 5 nitrogen and oxygen atoms in total. The van der Waals surface area contributed by atoms with Crippen molar-refractivity contribution < 1.29 is 17.5 Å². The van der Waals surface area contributed by atoms with Gasteiger partial charge in [0.25, 0.3) is 2.95 Å². The summed E-state index contributed by atoms with van der Waals surface area (Å²) in [5.74, 6) is 0. The number of thiazole rings is 1. The molecule has 0 aliphatic carbocycles. The summed E-state index contributed by atoms with van der Waals surface area (Å²) in [6, 6.07) is 2.65. The summed E-state index contributed by atoms with van der Waals surface area (Å²) in [5, 5.41) is 0. The summed E-state index contributed by atoms with van der Waals surface area (Å²) in [6.45, 7) is 0. The Bertz CT molecular complexity index is 995. The molecule has 0 amide bonds. The number of benzene rings is 1. The Labute approximate surface area is 246 Å². The molecule has 18 heteroatoms. The Kier molecular flexibility index (Phi) is 10.0. The van der Waals surface area contributed by atoms with Crippen LogP contribution < -0.4 is 0 Å². The summed E-state index contributed by atoms with van der Waals surface area (Å²) < 4.78 is 48.0. The zero-order valence-corrected chi connectivity index (χ0v) is 29.8. The van der Waals surface area contributed by atoms with Gasteiger partial charge >= 0.3 is 4.34 Å². The van der Waals surface area contributed by atoms with Crippen molar-refractivity contribution in [3.05, 3.63) is 12.1 Å². The third-order valence-corrected chi connectivity index (χ3v) is 16.9. The normalized spacial score (nSPS) is 16.4. The number of hydrogen-bond donors (Lipinski definition) is 0. The summed E-state index contributed by atoms with van der Waals surface area (Å²) in [5.41, 5.74) is 0.273. The predicted octanol–water partition coefficient (Wildman–Crippen LogP) is 7.67. The molecule has 0 spiro atoms. The molecular weight excluding hydrogens is 1050 g/mol. The number of aromatic nitrogens is 1. The third kappa shape index (κ3) is 6.36. The fraction of sp³-hybridized carbons (Fsp3) is 0.300. The highest BCUT2D eigenvalue weighted by Gasteiger charge is 2.43. The maximum absolute atomic E-state index is 13.0. The molecule has 0 N–H and O–H groups in total. The van der Waals surface area contributed by atoms with Crippen molar-refractivity contribution in [3.63, 3.8) is 0 Å². The molecule has 28 heavy (non-hydrogen) atoms. The van der Waals surface area contributed by atoms with E-state index in [2.05, 4.69) is 148 Å². The summed E-state index contributed by atoms with van der Waals surface area (Å²) in [4.78, 5) is 4.35. The van der Waals surface area contributed by atoms with Gasteiger partial charge in [0.1, 0.15) is 5.52 Å². The van der Waals surface area contributed by atoms with Gasteiger partial charge in [-0.15, -0.1) is 0 Å². The van der Waals surface area contributed by atoms with Crippen molar-refractivity contribution in [1.29, 1.82) is 0 Å². The fourth-order valence-corrected chi connectivity index (χ4v) is 11.2. The van der Waals surface area contributed by atoms with E-state index in [9.17, 15) is 17.5 Å². The van der Waals surface area contributed by atoms with Gasteiger partial charge in [0, 0.05) is 113 Å². The highest BCUT2D eigenvalue weighted by molar-refractivity contribution is 9.43. The van der Waals surface area contributed by atoms with E-state index in [-0.39, 0.29) is 19.6 Å². The Morgan fingerprint density at radius 1 is 0.893 bits per heavy atom. The molecule has 158 valence electrons. The highest BCUT2D eigenvalue weighted by Crippen LogP contribution is 2.50. The standard InChI is InChI=1S/C10H2Br9NO4S4/c11-8(12,13)26(21)5-2-3(28(23,24)10(17,18)19)1-4-6(5)20-7(25-4)27(22)9(14,15)16/h1-2H. The summed E-state index contributed by atoms with van der Waals surface area (Å²) in [7, 11) is -3.96. The molecule has 0 aliphatic rings. The van der Waals surface area contributed by atoms with Gasteiger partial charge in [-0.1, -0.05) is 11.3 Å². The Morgan fingerprint density at radius 3 is 1.82 bits per heavy atom. The number of sulfone groups is 1. The lowest BCUT2D eigenvalue weighted by Gasteiger charge is -2.20. The molecule has 0 aliphatic heterocycles. The first-order valence-electron chi connectivity index (χ1n) is 6.10. The second kappa shape index (κ2) is 9.93. The van der Waals surface area contributed by atoms with E-state index in [0.717, 1.165) is 11.3 Å². The zero-order chi connectivity index (χ0) is 21.9. The van der Waals surface area contributed by atoms with Crippen LogP contribution in [0, 0.1) is 0 Å². The van der Waals surface area contributed by atoms with E-state index in [4.69, 9.17) is 0 Å². The number of nitrogens with zero attached hydrogens (tertiary/aromatic N) is 1. The van der Waals surface area contributed by atoms with E-state index in [1.54, 1.807) is 0 Å². The second-order valence-corrected chi connectivity index (χ2v) is 36.1. The van der Waals surface area contributed by atoms with E-state index >= 15 is 0 Å². The average molecular weight is 1050 g/mol. The molecule has 0 fully saturated rings. The minimum atomic E-state index is -3.96. The van der Waals surface area contributed by atoms with E-state index in [1.165, 1.54) is 12.1 Å². The van der Waals surface area contributed by atoms with Crippen molar-refractivity contribution in [3.8, 4) is 0 Å². The molecule has 1 aromatic carbocycles. The lowest BCUT2D eigenvalue weighted by molar-refractivity contribution is 0.594. The number of fused-ring (bicyclic) bond motifs is 1. The monoisotopic (exact) mass is 1040 g/mol. The largest absolute Gasteiger partial charge is 0.609 e. The zero-order valence-electron chi connectivity index (χ0n) is 12.3. The first kappa shape index (κ1) is 28.2. The molecule has 1 aromatic heterocycles. The number of hydrogen-bond acceptors (Lipinski definition) is 6. The van der Waals surface area contributed by atoms with Crippen LogP contribution in [0.25, 0.3) is 10.2 Å². The molecular formula is C10H2Br9NO4S4. The van der Waals surface area contributed by atoms with Crippen LogP contribution >= 0.6 is 155 Å². The lowest BCUT2D eigenvalue weighted by atomic mass is 10.3. The quantitative estimate of drug-likeness (QED) is 0.233. The molecule has 0 saturated heterocycles. The van der Waals surface area contributed by atoms with Crippen LogP contribution in [0.2, 0.25) is 0 Å². The van der Waals surface area contributed by atoms with Gasteiger partial charge in [-0.3, -0.25) is 0 Å². The summed E-state index contributed by atoms with van der Waals surface area (Å²) >= 11 is 25.8. The molecule has 0 radical (unpaired) electrons. The average Bonchev–Trinajstić information content (AvgIpc) is 2.93. The molecule has 2 unspecified atom stereocenters. The van der Waals surface area contributed by atoms with Crippen LogP contribution in [0.3, 0.4) is 0 Å². The predicted molar refractivity (Wildman–Crippen MR) is 148 cm³/mol. The van der Waals surface area contributed by atoms with Crippen LogP contribution in [0.15, 0.2) is 26.3 Å². The van der Waals surface area contributed by atoms with E-state index in [0.29, 0.717) is 4.70 Å². The fourth-order valence-electron chi connectivity index (χ4n) is 1.69. The molecule has 2 rings (SSSR count). The van der Waals surface area contributed by atoms with Gasteiger partial charge in [0.15, 0.2) is 4.90 Å². The number of halogens is 9. The van der Waals surface area contributed by atoms with Crippen LogP contribution in [0.4, 0.5) is 0 Å². The SMILES string of the molecule is O=S(=O)(c1cc([S+]([O-])C(Br)(Br)Br)c2nc([S+]([O-])C(Br)(Br)Br)sc2c1)C(Br)(Br)Br. The van der Waals surface area contributed by atoms with Crippen molar-refractivity contribution in [2.75, 3.05) is 0 Å². The van der Waals surface area contributed by atoms with Gasteiger partial charge in [0.05, 0.1) is 20.8 Å². The molecule has 2 atom stereocenters. The maximum Gasteiger partial charge on any atom is 0.305 e. The molecule has 1 heterocycles. The van der Waals surface area contributed by atoms with Crippen LogP contribution in [0.5, 0.6) is 0 Å². The smallest absolute Gasteiger partial charge is 0.305 e. The van der Waals surface area contributed by atoms with E-state index < -0.39 is 36.6 Å². The van der Waals surface area contributed by atoms with Gasteiger partial charge in [-0.2, -0.15) is 4.98 Å². The topological polar surface area (TPSA) is 93.2 Å². The highest BCUT2D eigenvalue weighted by atomic mass is 80.0. The van der Waals surface area contributed by atoms with Gasteiger partial charge in [-0.25, -0.2) is 8.42 Å². The van der Waals surface area contributed by atoms with Crippen molar-refractivity contribution in [1.82, 2.24) is 4.98 Å². The molecule has 0 bridgehead atoms. The van der Waals surface area contributed by atoms with Crippen LogP contribution in [-0.4, -0.2) is 26.9 Å². The Hall–Kier alpha value is 4.00. The first-order chi connectivity index (χ1) is 12.4. The van der Waals surface area contributed by atoms with Crippen LogP contribution in [0.1, 0.15) is 0 Å². The van der Waals surface area contributed by atoms with Crippen molar-refractivity contribution >= 4 is 197 Å². The van der Waals surface area contributed by atoms with Crippen LogP contribution in [-0.2, 0) is 32.2 Å². The molecule has 0 saturated carbocycles. The maximum atomic E-state index is 13.0. The summed E-state index contributed by atoms with van der Waals surface area (Å²) in [6.07, 6.45) is 0. The Balaban J connectivity index is 2.84. The van der Waals surface area contributed by atoms with Gasteiger partial charge in [0.2, 0.25) is 11.3 Å². The second-order valence-electron chi connectivity index (χ2n) is 4.63. The Morgan fingerprint density at radius 2 is 1.39 bits per heavy atom. The van der Waals surface area contributed by atoms with E-state index in [1.807, 2.05) is 0 Å². The number of rotatable bonds is 3. The van der Waals surface area contributed by atoms with Crippen molar-refractivity contribution in [2.24, 2.45) is 0 Å². The lowest BCUT2D eigenvalue weighted by Crippen LogP contribution is -2.21. The van der Waals surface area contributed by atoms with Crippen molar-refractivity contribution in [2.45, 2.75) is 18.6 Å². The van der Waals surface area contributed by atoms with Gasteiger partial charge in [-0.05, 0) is 53.9 Å². The minimum Gasteiger partial charge on any atom is -0.609 e. The van der Waals surface area contributed by atoms with Gasteiger partial charge < -0.3 is 9.11 Å². The first-order valence-corrected chi connectivity index (χ1v) is 17.8. The third-order valence-electron chi connectivity index (χ3n) is 2.81. The molecule has 2 aromatic rings.